The van der Waals surface area contributed by atoms with Crippen molar-refractivity contribution in [2.45, 2.75) is 45.2 Å². The van der Waals surface area contributed by atoms with Gasteiger partial charge in [-0.2, -0.15) is 0 Å². The monoisotopic (exact) mass is 374 g/mol. The topological polar surface area (TPSA) is 101 Å². The fraction of sp³-hybridized carbons (Fsp3) is 0.579. The predicted molar refractivity (Wildman–Crippen MR) is 97.5 cm³/mol. The van der Waals surface area contributed by atoms with E-state index in [-0.39, 0.29) is 23.9 Å². The van der Waals surface area contributed by atoms with Crippen molar-refractivity contribution in [1.82, 2.24) is 20.5 Å². The molecule has 8 heteroatoms. The molecule has 146 valence electrons. The second-order valence-electron chi connectivity index (χ2n) is 7.05. The SMILES string of the molecule is CCOC(=O)N1CCC(NC(=O)C2(C(=O)NCc3ccncc3)CC2)CC1. The second-order valence-corrected chi connectivity index (χ2v) is 7.05. The molecular weight excluding hydrogens is 348 g/mol. The number of nitrogens with zero attached hydrogens (tertiary/aromatic N) is 2. The van der Waals surface area contributed by atoms with Gasteiger partial charge in [-0.1, -0.05) is 0 Å². The van der Waals surface area contributed by atoms with E-state index in [0.29, 0.717) is 51.9 Å². The molecule has 0 unspecified atom stereocenters. The highest BCUT2D eigenvalue weighted by molar-refractivity contribution is 6.07. The molecule has 0 aromatic carbocycles. The normalized spacial score (nSPS) is 18.5. The maximum Gasteiger partial charge on any atom is 0.409 e. The van der Waals surface area contributed by atoms with E-state index in [9.17, 15) is 14.4 Å². The first-order chi connectivity index (χ1) is 13.0. The molecule has 0 bridgehead atoms. The minimum absolute atomic E-state index is 0.0198. The van der Waals surface area contributed by atoms with Gasteiger partial charge in [0.25, 0.3) is 0 Å². The number of likely N-dealkylation sites (tertiary alicyclic amines) is 1. The number of nitrogens with one attached hydrogen (secondary N) is 2. The zero-order valence-electron chi connectivity index (χ0n) is 15.6. The van der Waals surface area contributed by atoms with Gasteiger partial charge in [-0.05, 0) is 50.3 Å². The van der Waals surface area contributed by atoms with E-state index in [4.69, 9.17) is 4.74 Å². The smallest absolute Gasteiger partial charge is 0.409 e. The number of rotatable bonds is 6. The second kappa shape index (κ2) is 8.37. The molecule has 2 N–H and O–H groups in total. The third kappa shape index (κ3) is 4.56. The molecule has 2 aliphatic rings. The molecule has 3 rings (SSSR count). The van der Waals surface area contributed by atoms with Gasteiger partial charge >= 0.3 is 6.09 Å². The maximum absolute atomic E-state index is 12.7. The quantitative estimate of drug-likeness (QED) is 0.729. The largest absolute Gasteiger partial charge is 0.450 e. The summed E-state index contributed by atoms with van der Waals surface area (Å²) in [6, 6.07) is 3.64. The van der Waals surface area contributed by atoms with Gasteiger partial charge in [0.15, 0.2) is 0 Å². The molecule has 1 aromatic rings. The van der Waals surface area contributed by atoms with E-state index >= 15 is 0 Å². The summed E-state index contributed by atoms with van der Waals surface area (Å²) >= 11 is 0. The van der Waals surface area contributed by atoms with Crippen molar-refractivity contribution in [1.29, 1.82) is 0 Å². The number of carbonyl (C=O) groups excluding carboxylic acids is 3. The first-order valence-corrected chi connectivity index (χ1v) is 9.45. The summed E-state index contributed by atoms with van der Waals surface area (Å²) < 4.78 is 5.00. The number of ether oxygens (including phenoxy) is 1. The van der Waals surface area contributed by atoms with E-state index in [1.54, 1.807) is 24.2 Å². The number of aromatic nitrogens is 1. The molecule has 0 atom stereocenters. The van der Waals surface area contributed by atoms with E-state index in [0.717, 1.165) is 5.56 Å². The van der Waals surface area contributed by atoms with E-state index in [1.807, 2.05) is 12.1 Å². The van der Waals surface area contributed by atoms with Gasteiger partial charge in [-0.3, -0.25) is 14.6 Å². The van der Waals surface area contributed by atoms with Gasteiger partial charge in [0.05, 0.1) is 6.61 Å². The summed E-state index contributed by atoms with van der Waals surface area (Å²) in [5.41, 5.74) is 0.00609. The molecule has 2 fully saturated rings. The minimum atomic E-state index is -0.939. The average molecular weight is 374 g/mol. The summed E-state index contributed by atoms with van der Waals surface area (Å²) in [6.45, 7) is 3.61. The Labute approximate surface area is 158 Å². The van der Waals surface area contributed by atoms with E-state index < -0.39 is 5.41 Å². The molecule has 1 aromatic heterocycles. The van der Waals surface area contributed by atoms with Crippen LogP contribution in [0.15, 0.2) is 24.5 Å². The Morgan fingerprint density at radius 3 is 2.44 bits per heavy atom. The van der Waals surface area contributed by atoms with Crippen molar-refractivity contribution in [2.24, 2.45) is 5.41 Å². The Morgan fingerprint density at radius 2 is 1.85 bits per heavy atom. The Morgan fingerprint density at radius 1 is 1.19 bits per heavy atom. The molecule has 0 spiro atoms. The number of pyridine rings is 1. The first kappa shape index (κ1) is 19.1. The number of piperidine rings is 1. The van der Waals surface area contributed by atoms with Crippen molar-refractivity contribution < 1.29 is 19.1 Å². The summed E-state index contributed by atoms with van der Waals surface area (Å²) in [5.74, 6) is -0.426. The lowest BCUT2D eigenvalue weighted by Crippen LogP contribution is -2.50. The van der Waals surface area contributed by atoms with Gasteiger partial charge in [0.2, 0.25) is 11.8 Å². The van der Waals surface area contributed by atoms with Crippen molar-refractivity contribution in [3.63, 3.8) is 0 Å². The van der Waals surface area contributed by atoms with Crippen molar-refractivity contribution in [3.8, 4) is 0 Å². The molecule has 1 aliphatic heterocycles. The van der Waals surface area contributed by atoms with Crippen LogP contribution in [0.3, 0.4) is 0 Å². The zero-order chi connectivity index (χ0) is 19.3. The van der Waals surface area contributed by atoms with Gasteiger partial charge in [0, 0.05) is 38.1 Å². The Bertz CT molecular complexity index is 682. The Kier molecular flexibility index (Phi) is 5.93. The number of carbonyl (C=O) groups is 3. The zero-order valence-corrected chi connectivity index (χ0v) is 15.6. The van der Waals surface area contributed by atoms with Crippen LogP contribution in [0.5, 0.6) is 0 Å². The summed E-state index contributed by atoms with van der Waals surface area (Å²) in [4.78, 5) is 42.6. The van der Waals surface area contributed by atoms with E-state index in [1.165, 1.54) is 0 Å². The standard InChI is InChI=1S/C19H26N4O4/c1-2-27-18(26)23-11-5-15(6-12-23)22-17(25)19(7-8-19)16(24)21-13-14-3-9-20-10-4-14/h3-4,9-10,15H,2,5-8,11-13H2,1H3,(H,21,24)(H,22,25). The molecule has 1 saturated heterocycles. The number of hydrogen-bond donors (Lipinski definition) is 2. The Balaban J connectivity index is 1.46. The molecule has 1 saturated carbocycles. The molecule has 0 radical (unpaired) electrons. The van der Waals surface area contributed by atoms with Crippen LogP contribution in [-0.2, 0) is 20.9 Å². The highest BCUT2D eigenvalue weighted by Crippen LogP contribution is 2.46. The lowest BCUT2D eigenvalue weighted by Gasteiger charge is -2.32. The van der Waals surface area contributed by atoms with Gasteiger partial charge in [0.1, 0.15) is 5.41 Å². The van der Waals surface area contributed by atoms with Gasteiger partial charge in [-0.15, -0.1) is 0 Å². The first-order valence-electron chi connectivity index (χ1n) is 9.45. The van der Waals surface area contributed by atoms with Crippen molar-refractivity contribution in [2.75, 3.05) is 19.7 Å². The molecular formula is C19H26N4O4. The van der Waals surface area contributed by atoms with E-state index in [2.05, 4.69) is 15.6 Å². The predicted octanol–water partition coefficient (Wildman–Crippen LogP) is 1.22. The number of amides is 3. The third-order valence-corrected chi connectivity index (χ3v) is 5.18. The lowest BCUT2D eigenvalue weighted by molar-refractivity contribution is -0.137. The van der Waals surface area contributed by atoms with Crippen LogP contribution in [0.25, 0.3) is 0 Å². The average Bonchev–Trinajstić information content (AvgIpc) is 3.50. The summed E-state index contributed by atoms with van der Waals surface area (Å²) in [5, 5.41) is 5.86. The lowest BCUT2D eigenvalue weighted by atomic mass is 10.0. The van der Waals surface area contributed by atoms with Gasteiger partial charge < -0.3 is 20.3 Å². The molecule has 8 nitrogen and oxygen atoms in total. The minimum Gasteiger partial charge on any atom is -0.450 e. The molecule has 27 heavy (non-hydrogen) atoms. The van der Waals surface area contributed by atoms with Crippen LogP contribution in [-0.4, -0.2) is 53.5 Å². The van der Waals surface area contributed by atoms with Crippen molar-refractivity contribution >= 4 is 17.9 Å². The highest BCUT2D eigenvalue weighted by atomic mass is 16.6. The van der Waals surface area contributed by atoms with Gasteiger partial charge in [-0.25, -0.2) is 4.79 Å². The maximum atomic E-state index is 12.7. The van der Waals surface area contributed by atoms with Crippen LogP contribution in [0, 0.1) is 5.41 Å². The fourth-order valence-electron chi connectivity index (χ4n) is 3.28. The number of hydrogen-bond acceptors (Lipinski definition) is 5. The fourth-order valence-corrected chi connectivity index (χ4v) is 3.28. The van der Waals surface area contributed by atoms with Crippen LogP contribution < -0.4 is 10.6 Å². The van der Waals surface area contributed by atoms with Crippen LogP contribution in [0.1, 0.15) is 38.2 Å². The Hall–Kier alpha value is -2.64. The molecule has 3 amide bonds. The third-order valence-electron chi connectivity index (χ3n) is 5.18. The molecule has 2 heterocycles. The highest BCUT2D eigenvalue weighted by Gasteiger charge is 2.56. The molecule has 1 aliphatic carbocycles. The van der Waals surface area contributed by atoms with Crippen LogP contribution in [0.4, 0.5) is 4.79 Å². The summed E-state index contributed by atoms with van der Waals surface area (Å²) in [7, 11) is 0. The van der Waals surface area contributed by atoms with Crippen LogP contribution >= 0.6 is 0 Å². The van der Waals surface area contributed by atoms with Crippen molar-refractivity contribution in [3.05, 3.63) is 30.1 Å². The van der Waals surface area contributed by atoms with Crippen LogP contribution in [0.2, 0.25) is 0 Å². The summed E-state index contributed by atoms with van der Waals surface area (Å²) in [6.07, 6.45) is 5.51.